The zero-order chi connectivity index (χ0) is 17.6. The van der Waals surface area contributed by atoms with Gasteiger partial charge in [-0.15, -0.1) is 0 Å². The fraction of sp³-hybridized carbons (Fsp3) is 0.600. The van der Waals surface area contributed by atoms with Gasteiger partial charge in [0.2, 0.25) is 0 Å². The number of pyridine rings is 1. The smallest absolute Gasteiger partial charge is 0.154 e. The van der Waals surface area contributed by atoms with E-state index >= 15 is 0 Å². The summed E-state index contributed by atoms with van der Waals surface area (Å²) in [6.07, 6.45) is 1.26. The molecule has 7 nitrogen and oxygen atoms in total. The van der Waals surface area contributed by atoms with Gasteiger partial charge >= 0.3 is 0 Å². The second kappa shape index (κ2) is 6.27. The number of fused-ring (bicyclic) bond motifs is 1. The largest absolute Gasteiger partial charge is 0.377 e. The van der Waals surface area contributed by atoms with E-state index in [9.17, 15) is 8.42 Å². The number of rotatable bonds is 3. The van der Waals surface area contributed by atoms with Crippen LogP contribution < -0.4 is 4.90 Å². The van der Waals surface area contributed by atoms with Gasteiger partial charge in [0, 0.05) is 25.4 Å². The Morgan fingerprint density at radius 3 is 2.79 bits per heavy atom. The number of ether oxygens (including phenoxy) is 1. The maximum absolute atomic E-state index is 12.1. The Morgan fingerprint density at radius 2 is 2.17 bits per heavy atom. The van der Waals surface area contributed by atoms with Gasteiger partial charge in [0.1, 0.15) is 11.3 Å². The van der Waals surface area contributed by atoms with Crippen molar-refractivity contribution in [3.63, 3.8) is 0 Å². The summed E-state index contributed by atoms with van der Waals surface area (Å²) in [5.74, 6) is 0.762. The zero-order valence-corrected chi connectivity index (χ0v) is 16.6. The molecule has 1 fully saturated rings. The summed E-state index contributed by atoms with van der Waals surface area (Å²) in [5, 5.41) is 3.71. The molecule has 2 atom stereocenters. The standard InChI is InChI=1S/C15H21BrN4O3S/c1-9-8-23-6-5-20(9)12-7-11(10(2)24(4,21)22)14-13(17-12)15(16)18-19(14)3/h7,9-10H,5-6,8H2,1-4H3. The van der Waals surface area contributed by atoms with E-state index in [4.69, 9.17) is 9.72 Å². The maximum Gasteiger partial charge on any atom is 0.154 e. The first-order valence-electron chi connectivity index (χ1n) is 7.76. The molecule has 2 unspecified atom stereocenters. The van der Waals surface area contributed by atoms with Gasteiger partial charge in [-0.3, -0.25) is 4.68 Å². The summed E-state index contributed by atoms with van der Waals surface area (Å²) >= 11 is 3.44. The van der Waals surface area contributed by atoms with Crippen LogP contribution in [-0.4, -0.2) is 55.2 Å². The summed E-state index contributed by atoms with van der Waals surface area (Å²) in [6.45, 7) is 5.77. The average Bonchev–Trinajstić information content (AvgIpc) is 2.80. The Hall–Kier alpha value is -1.19. The van der Waals surface area contributed by atoms with Crippen molar-refractivity contribution in [2.24, 2.45) is 7.05 Å². The van der Waals surface area contributed by atoms with Crippen molar-refractivity contribution in [3.05, 3.63) is 16.2 Å². The van der Waals surface area contributed by atoms with Gasteiger partial charge in [0.05, 0.1) is 30.0 Å². The first-order chi connectivity index (χ1) is 11.2. The minimum atomic E-state index is -3.24. The van der Waals surface area contributed by atoms with Crippen molar-refractivity contribution < 1.29 is 13.2 Å². The van der Waals surface area contributed by atoms with Crippen molar-refractivity contribution >= 4 is 42.6 Å². The number of hydrogen-bond acceptors (Lipinski definition) is 6. The first-order valence-corrected chi connectivity index (χ1v) is 10.5. The highest BCUT2D eigenvalue weighted by atomic mass is 79.9. The number of halogens is 1. The number of morpholine rings is 1. The second-order valence-electron chi connectivity index (χ2n) is 6.27. The topological polar surface area (TPSA) is 77.3 Å². The van der Waals surface area contributed by atoms with E-state index in [-0.39, 0.29) is 6.04 Å². The Bertz CT molecular complexity index is 880. The molecule has 0 amide bonds. The third-order valence-corrected chi connectivity index (χ3v) is 6.58. The number of sulfone groups is 1. The molecule has 0 radical (unpaired) electrons. The summed E-state index contributed by atoms with van der Waals surface area (Å²) in [7, 11) is -1.45. The Balaban J connectivity index is 2.24. The lowest BCUT2D eigenvalue weighted by Gasteiger charge is -2.34. The fourth-order valence-corrected chi connectivity index (χ4v) is 4.17. The summed E-state index contributed by atoms with van der Waals surface area (Å²) in [4.78, 5) is 6.89. The number of hydrogen-bond donors (Lipinski definition) is 0. The third kappa shape index (κ3) is 3.04. The lowest BCUT2D eigenvalue weighted by Crippen LogP contribution is -2.44. The van der Waals surface area contributed by atoms with Crippen molar-refractivity contribution in [2.75, 3.05) is 30.9 Å². The highest BCUT2D eigenvalue weighted by Crippen LogP contribution is 2.34. The molecule has 2 aromatic rings. The molecule has 132 valence electrons. The molecule has 0 saturated carbocycles. The van der Waals surface area contributed by atoms with Crippen LogP contribution in [0.25, 0.3) is 11.0 Å². The summed E-state index contributed by atoms with van der Waals surface area (Å²) in [6, 6.07) is 2.06. The van der Waals surface area contributed by atoms with Crippen molar-refractivity contribution in [2.45, 2.75) is 25.1 Å². The van der Waals surface area contributed by atoms with Crippen LogP contribution in [0.4, 0.5) is 5.82 Å². The number of aryl methyl sites for hydroxylation is 1. The fourth-order valence-electron chi connectivity index (χ4n) is 3.01. The monoisotopic (exact) mass is 416 g/mol. The first kappa shape index (κ1) is 17.6. The van der Waals surface area contributed by atoms with Crippen LogP contribution in [0.1, 0.15) is 24.7 Å². The molecular weight excluding hydrogens is 396 g/mol. The van der Waals surface area contributed by atoms with Gasteiger partial charge in [-0.05, 0) is 35.8 Å². The third-order valence-electron chi connectivity index (χ3n) is 4.51. The van der Waals surface area contributed by atoms with Gasteiger partial charge in [-0.1, -0.05) is 0 Å². The summed E-state index contributed by atoms with van der Waals surface area (Å²) < 4.78 is 32.1. The van der Waals surface area contributed by atoms with E-state index in [0.29, 0.717) is 23.3 Å². The van der Waals surface area contributed by atoms with Crippen LogP contribution in [0, 0.1) is 0 Å². The highest BCUT2D eigenvalue weighted by Gasteiger charge is 2.27. The van der Waals surface area contributed by atoms with Crippen molar-refractivity contribution in [1.29, 1.82) is 0 Å². The molecule has 0 N–H and O–H groups in total. The quantitative estimate of drug-likeness (QED) is 0.761. The normalized spacial score (nSPS) is 20.5. The molecule has 1 aliphatic rings. The van der Waals surface area contributed by atoms with Gasteiger partial charge in [0.15, 0.2) is 14.4 Å². The molecule has 0 spiro atoms. The van der Waals surface area contributed by atoms with E-state index in [0.717, 1.165) is 23.4 Å². The Kier molecular flexibility index (Phi) is 4.61. The molecule has 9 heteroatoms. The van der Waals surface area contributed by atoms with Gasteiger partial charge in [-0.25, -0.2) is 13.4 Å². The van der Waals surface area contributed by atoms with Crippen LogP contribution in [0.5, 0.6) is 0 Å². The zero-order valence-electron chi connectivity index (χ0n) is 14.2. The molecule has 0 aromatic carbocycles. The molecule has 3 rings (SSSR count). The molecule has 0 aliphatic carbocycles. The van der Waals surface area contributed by atoms with E-state index in [2.05, 4.69) is 32.9 Å². The van der Waals surface area contributed by atoms with Crippen LogP contribution in [-0.2, 0) is 21.6 Å². The van der Waals surface area contributed by atoms with Crippen LogP contribution in [0.15, 0.2) is 10.7 Å². The Labute approximate surface area is 150 Å². The van der Waals surface area contributed by atoms with E-state index < -0.39 is 15.1 Å². The lowest BCUT2D eigenvalue weighted by molar-refractivity contribution is 0.0985. The van der Waals surface area contributed by atoms with Crippen LogP contribution >= 0.6 is 15.9 Å². The molecule has 24 heavy (non-hydrogen) atoms. The molecule has 3 heterocycles. The predicted octanol–water partition coefficient (Wildman–Crippen LogP) is 2.06. The van der Waals surface area contributed by atoms with E-state index in [1.165, 1.54) is 6.26 Å². The molecular formula is C15H21BrN4O3S. The average molecular weight is 417 g/mol. The highest BCUT2D eigenvalue weighted by molar-refractivity contribution is 9.10. The van der Waals surface area contributed by atoms with Gasteiger partial charge in [0.25, 0.3) is 0 Å². The number of aromatic nitrogens is 3. The van der Waals surface area contributed by atoms with Crippen molar-refractivity contribution in [1.82, 2.24) is 14.8 Å². The predicted molar refractivity (Wildman–Crippen MR) is 97.1 cm³/mol. The molecule has 1 aliphatic heterocycles. The number of nitrogens with zero attached hydrogens (tertiary/aromatic N) is 4. The Morgan fingerprint density at radius 1 is 1.46 bits per heavy atom. The minimum absolute atomic E-state index is 0.181. The van der Waals surface area contributed by atoms with Gasteiger partial charge < -0.3 is 9.64 Å². The second-order valence-corrected chi connectivity index (χ2v) is 9.39. The minimum Gasteiger partial charge on any atom is -0.377 e. The lowest BCUT2D eigenvalue weighted by atomic mass is 10.1. The summed E-state index contributed by atoms with van der Waals surface area (Å²) in [5.41, 5.74) is 2.14. The van der Waals surface area contributed by atoms with Crippen LogP contribution in [0.2, 0.25) is 0 Å². The SMILES string of the molecule is CC1COCCN1c1cc(C(C)S(C)(=O)=O)c2c(n1)c(Br)nn2C. The molecule has 2 aromatic heterocycles. The van der Waals surface area contributed by atoms with E-state index in [1.807, 2.05) is 6.07 Å². The molecule has 1 saturated heterocycles. The van der Waals surface area contributed by atoms with E-state index in [1.54, 1.807) is 18.7 Å². The molecule has 0 bridgehead atoms. The number of anilines is 1. The maximum atomic E-state index is 12.1. The van der Waals surface area contributed by atoms with Crippen LogP contribution in [0.3, 0.4) is 0 Å². The van der Waals surface area contributed by atoms with Gasteiger partial charge in [-0.2, -0.15) is 5.10 Å². The van der Waals surface area contributed by atoms with Crippen molar-refractivity contribution in [3.8, 4) is 0 Å².